The van der Waals surface area contributed by atoms with E-state index >= 15 is 0 Å². The molecule has 110 valence electrons. The van der Waals surface area contributed by atoms with Gasteiger partial charge in [-0.2, -0.15) is 11.8 Å². The highest BCUT2D eigenvalue weighted by Crippen LogP contribution is 2.19. The van der Waals surface area contributed by atoms with Crippen LogP contribution in [0.4, 0.5) is 11.5 Å². The number of thioether (sulfide) groups is 1. The highest BCUT2D eigenvalue weighted by atomic mass is 32.2. The van der Waals surface area contributed by atoms with Crippen molar-refractivity contribution in [3.63, 3.8) is 0 Å². The monoisotopic (exact) mass is 298 g/mol. The number of rotatable bonds is 7. The second-order valence-corrected chi connectivity index (χ2v) is 5.45. The number of carbonyl (C=O) groups is 1. The Morgan fingerprint density at radius 1 is 1.60 bits per heavy atom. The molecule has 1 atom stereocenters. The largest absolute Gasteiger partial charge is 0.372 e. The molecule has 1 heterocycles. The summed E-state index contributed by atoms with van der Waals surface area (Å²) >= 11 is 1.72. The molecule has 20 heavy (non-hydrogen) atoms. The third-order valence-corrected chi connectivity index (χ3v) is 3.66. The van der Waals surface area contributed by atoms with E-state index in [9.17, 15) is 14.9 Å². The molecule has 0 aliphatic carbocycles. The molecule has 0 radical (unpaired) electrons. The quantitative estimate of drug-likeness (QED) is 0.589. The van der Waals surface area contributed by atoms with Crippen molar-refractivity contribution < 1.29 is 9.72 Å². The summed E-state index contributed by atoms with van der Waals surface area (Å²) in [5.41, 5.74) is -0.0280. The lowest BCUT2D eigenvalue weighted by Gasteiger charge is -2.14. The van der Waals surface area contributed by atoms with Gasteiger partial charge in [-0.3, -0.25) is 14.9 Å². The summed E-state index contributed by atoms with van der Waals surface area (Å²) in [6, 6.07) is 1.21. The number of hydrogen-bond donors (Lipinski definition) is 2. The van der Waals surface area contributed by atoms with Crippen molar-refractivity contribution in [2.45, 2.75) is 19.9 Å². The van der Waals surface area contributed by atoms with E-state index in [0.717, 1.165) is 17.7 Å². The van der Waals surface area contributed by atoms with Crippen LogP contribution in [-0.4, -0.2) is 40.4 Å². The lowest BCUT2D eigenvalue weighted by molar-refractivity contribution is -0.385. The topological polar surface area (TPSA) is 97.2 Å². The van der Waals surface area contributed by atoms with E-state index in [0.29, 0.717) is 5.82 Å². The lowest BCUT2D eigenvalue weighted by atomic mass is 10.2. The Morgan fingerprint density at radius 2 is 2.30 bits per heavy atom. The number of carbonyl (C=O) groups excluding carboxylic acids is 1. The summed E-state index contributed by atoms with van der Waals surface area (Å²) in [4.78, 5) is 26.2. The normalized spacial score (nSPS) is 11.8. The fourth-order valence-electron chi connectivity index (χ4n) is 1.56. The SMILES string of the molecule is CCSCC(C)NC(=O)c1cc([N+](=O)[O-])cnc1NC. The van der Waals surface area contributed by atoms with Crippen LogP contribution in [0.2, 0.25) is 0 Å². The average molecular weight is 298 g/mol. The zero-order chi connectivity index (χ0) is 15.1. The van der Waals surface area contributed by atoms with Gasteiger partial charge in [0.05, 0.1) is 10.5 Å². The first-order valence-electron chi connectivity index (χ1n) is 6.20. The van der Waals surface area contributed by atoms with Crippen LogP contribution in [0.5, 0.6) is 0 Å². The van der Waals surface area contributed by atoms with Gasteiger partial charge in [-0.1, -0.05) is 6.92 Å². The van der Waals surface area contributed by atoms with Gasteiger partial charge in [0.1, 0.15) is 12.0 Å². The number of pyridine rings is 1. The molecule has 1 amide bonds. The molecule has 1 unspecified atom stereocenters. The second-order valence-electron chi connectivity index (χ2n) is 4.13. The fourth-order valence-corrected chi connectivity index (χ4v) is 2.24. The van der Waals surface area contributed by atoms with E-state index in [2.05, 4.69) is 15.6 Å². The minimum absolute atomic E-state index is 0.0172. The first kappa shape index (κ1) is 16.2. The predicted molar refractivity (Wildman–Crippen MR) is 80.4 cm³/mol. The zero-order valence-corrected chi connectivity index (χ0v) is 12.5. The van der Waals surface area contributed by atoms with Gasteiger partial charge in [-0.05, 0) is 12.7 Å². The third-order valence-electron chi connectivity index (χ3n) is 2.51. The van der Waals surface area contributed by atoms with Gasteiger partial charge in [0.2, 0.25) is 0 Å². The molecule has 8 heteroatoms. The molecular formula is C12H18N4O3S. The van der Waals surface area contributed by atoms with Gasteiger partial charge >= 0.3 is 0 Å². The zero-order valence-electron chi connectivity index (χ0n) is 11.7. The molecule has 0 saturated heterocycles. The van der Waals surface area contributed by atoms with E-state index in [4.69, 9.17) is 0 Å². The average Bonchev–Trinajstić information content (AvgIpc) is 2.44. The van der Waals surface area contributed by atoms with Gasteiger partial charge < -0.3 is 10.6 Å². The summed E-state index contributed by atoms with van der Waals surface area (Å²) in [7, 11) is 1.61. The molecule has 0 bridgehead atoms. The molecular weight excluding hydrogens is 280 g/mol. The second kappa shape index (κ2) is 7.68. The highest BCUT2D eigenvalue weighted by molar-refractivity contribution is 7.99. The Kier molecular flexibility index (Phi) is 6.23. The smallest absolute Gasteiger partial charge is 0.288 e. The summed E-state index contributed by atoms with van der Waals surface area (Å²) in [5.74, 6) is 1.72. The molecule has 1 rings (SSSR count). The van der Waals surface area contributed by atoms with E-state index < -0.39 is 4.92 Å². The molecule has 7 nitrogen and oxygen atoms in total. The Balaban J connectivity index is 2.89. The Morgan fingerprint density at radius 3 is 2.85 bits per heavy atom. The van der Waals surface area contributed by atoms with Crippen LogP contribution in [0.1, 0.15) is 24.2 Å². The maximum atomic E-state index is 12.1. The lowest BCUT2D eigenvalue weighted by Crippen LogP contribution is -2.34. The van der Waals surface area contributed by atoms with Crippen LogP contribution in [0, 0.1) is 10.1 Å². The van der Waals surface area contributed by atoms with Crippen molar-refractivity contribution in [3.05, 3.63) is 27.9 Å². The molecule has 0 saturated carbocycles. The highest BCUT2D eigenvalue weighted by Gasteiger charge is 2.18. The number of aromatic nitrogens is 1. The maximum absolute atomic E-state index is 12.1. The van der Waals surface area contributed by atoms with Crippen LogP contribution in [-0.2, 0) is 0 Å². The number of hydrogen-bond acceptors (Lipinski definition) is 6. The number of anilines is 1. The Labute approximate surface area is 121 Å². The van der Waals surface area contributed by atoms with Crippen LogP contribution in [0.25, 0.3) is 0 Å². The first-order valence-corrected chi connectivity index (χ1v) is 7.35. The van der Waals surface area contributed by atoms with Crippen molar-refractivity contribution in [1.29, 1.82) is 0 Å². The van der Waals surface area contributed by atoms with Crippen molar-refractivity contribution in [1.82, 2.24) is 10.3 Å². The van der Waals surface area contributed by atoms with Gasteiger partial charge in [0.15, 0.2) is 0 Å². The number of nitrogens with zero attached hydrogens (tertiary/aromatic N) is 2. The van der Waals surface area contributed by atoms with Gasteiger partial charge in [0.25, 0.3) is 11.6 Å². The van der Waals surface area contributed by atoms with Crippen LogP contribution in [0.15, 0.2) is 12.3 Å². The fraction of sp³-hybridized carbons (Fsp3) is 0.500. The molecule has 0 aliphatic rings. The van der Waals surface area contributed by atoms with Gasteiger partial charge in [-0.15, -0.1) is 0 Å². The Hall–Kier alpha value is -1.83. The van der Waals surface area contributed by atoms with Crippen molar-refractivity contribution in [3.8, 4) is 0 Å². The van der Waals surface area contributed by atoms with Crippen LogP contribution >= 0.6 is 11.8 Å². The molecule has 1 aromatic heterocycles. The van der Waals surface area contributed by atoms with E-state index in [-0.39, 0.29) is 23.2 Å². The van der Waals surface area contributed by atoms with Crippen molar-refractivity contribution in [2.75, 3.05) is 23.9 Å². The third kappa shape index (κ3) is 4.37. The molecule has 0 fully saturated rings. The molecule has 1 aromatic rings. The van der Waals surface area contributed by atoms with Gasteiger partial charge in [0, 0.05) is 24.9 Å². The predicted octanol–water partition coefficient (Wildman–Crippen LogP) is 1.90. The van der Waals surface area contributed by atoms with Crippen LogP contribution in [0.3, 0.4) is 0 Å². The maximum Gasteiger partial charge on any atom is 0.288 e. The van der Waals surface area contributed by atoms with Crippen LogP contribution < -0.4 is 10.6 Å². The summed E-state index contributed by atoms with van der Waals surface area (Å²) in [6.45, 7) is 3.94. The van der Waals surface area contributed by atoms with E-state index in [1.807, 2.05) is 13.8 Å². The Bertz CT molecular complexity index is 496. The van der Waals surface area contributed by atoms with Gasteiger partial charge in [-0.25, -0.2) is 4.98 Å². The molecule has 0 aromatic carbocycles. The van der Waals surface area contributed by atoms with E-state index in [1.54, 1.807) is 18.8 Å². The summed E-state index contributed by atoms with van der Waals surface area (Å²) in [5, 5.41) is 16.3. The standard InChI is InChI=1S/C12H18N4O3S/c1-4-20-7-8(2)15-12(17)10-5-9(16(18)19)6-14-11(10)13-3/h5-6,8H,4,7H2,1-3H3,(H,13,14)(H,15,17). The minimum atomic E-state index is -0.570. The van der Waals surface area contributed by atoms with E-state index in [1.165, 1.54) is 6.07 Å². The summed E-state index contributed by atoms with van der Waals surface area (Å²) < 4.78 is 0. The summed E-state index contributed by atoms with van der Waals surface area (Å²) in [6.07, 6.45) is 1.12. The first-order chi connectivity index (χ1) is 9.49. The number of amides is 1. The van der Waals surface area contributed by atoms with Crippen molar-refractivity contribution in [2.24, 2.45) is 0 Å². The molecule has 0 spiro atoms. The number of nitrogens with one attached hydrogen (secondary N) is 2. The molecule has 2 N–H and O–H groups in total. The van der Waals surface area contributed by atoms with Crippen molar-refractivity contribution >= 4 is 29.2 Å². The number of nitro groups is 1. The molecule has 0 aliphatic heterocycles. The minimum Gasteiger partial charge on any atom is -0.372 e.